The molecule has 0 saturated heterocycles. The molecular weight excluding hydrogens is 422 g/mol. The maximum atomic E-state index is 12.6. The summed E-state index contributed by atoms with van der Waals surface area (Å²) >= 11 is 1.88. The molecule has 168 valence electrons. The third-order valence-electron chi connectivity index (χ3n) is 5.62. The highest BCUT2D eigenvalue weighted by Gasteiger charge is 2.37. The zero-order chi connectivity index (χ0) is 23.3. The minimum atomic E-state index is -0.384. The first-order valence-electron chi connectivity index (χ1n) is 10.7. The van der Waals surface area contributed by atoms with Crippen molar-refractivity contribution in [1.29, 1.82) is 0 Å². The van der Waals surface area contributed by atoms with Gasteiger partial charge in [0.15, 0.2) is 5.69 Å². The highest BCUT2D eigenvalue weighted by Crippen LogP contribution is 2.46. The van der Waals surface area contributed by atoms with Gasteiger partial charge in [0.1, 0.15) is 0 Å². The van der Waals surface area contributed by atoms with Gasteiger partial charge in [-0.2, -0.15) is 11.8 Å². The quantitative estimate of drug-likeness (QED) is 0.396. The number of ether oxygens (including phenoxy) is 1. The number of hydrogen-bond donors (Lipinski definition) is 2. The molecule has 0 aromatic heterocycles. The molecule has 3 rings (SSSR count). The van der Waals surface area contributed by atoms with E-state index in [0.717, 1.165) is 17.9 Å². The Morgan fingerprint density at radius 3 is 2.59 bits per heavy atom. The van der Waals surface area contributed by atoms with Crippen molar-refractivity contribution in [1.82, 2.24) is 0 Å². The van der Waals surface area contributed by atoms with E-state index in [-0.39, 0.29) is 29.9 Å². The van der Waals surface area contributed by atoms with Crippen molar-refractivity contribution < 1.29 is 14.3 Å². The molecule has 2 aromatic rings. The first-order chi connectivity index (χ1) is 15.2. The molecule has 2 N–H and O–H groups in total. The normalized spacial score (nSPS) is 17.5. The number of carbonyl (C=O) groups is 2. The van der Waals surface area contributed by atoms with Crippen molar-refractivity contribution in [2.24, 2.45) is 5.41 Å². The minimum absolute atomic E-state index is 0.118. The van der Waals surface area contributed by atoms with Crippen LogP contribution in [0.3, 0.4) is 0 Å². The molecule has 7 heteroatoms. The van der Waals surface area contributed by atoms with Crippen molar-refractivity contribution in [2.75, 3.05) is 23.0 Å². The number of rotatable bonds is 7. The summed E-state index contributed by atoms with van der Waals surface area (Å²) in [6.45, 7) is 15.4. The first-order valence-corrected chi connectivity index (χ1v) is 11.7. The number of esters is 1. The standard InChI is InChI=1S/C25H29N3O3S/c1-6-32-22-14-23(28-21-12-11-19(26-5)13-20(21)22)25(3,4)15-31-24(30)17-7-9-18(10-8-17)27-16(2)29/h7-13,22-23,28H,6,14-15H2,1-4H3,(H,27,29). The van der Waals surface area contributed by atoms with E-state index >= 15 is 0 Å². The Balaban J connectivity index is 1.68. The lowest BCUT2D eigenvalue weighted by atomic mass is 9.79. The third kappa shape index (κ3) is 5.63. The zero-order valence-corrected chi connectivity index (χ0v) is 19.7. The smallest absolute Gasteiger partial charge is 0.338 e. The van der Waals surface area contributed by atoms with Crippen molar-refractivity contribution in [3.8, 4) is 0 Å². The lowest BCUT2D eigenvalue weighted by Crippen LogP contribution is -2.43. The van der Waals surface area contributed by atoms with E-state index in [9.17, 15) is 9.59 Å². The molecule has 2 unspecified atom stereocenters. The van der Waals surface area contributed by atoms with Crippen LogP contribution in [0.5, 0.6) is 0 Å². The first kappa shape index (κ1) is 23.7. The SMILES string of the molecule is [C-]#[N+]c1ccc2c(c1)C(SCC)CC(C(C)(C)COC(=O)c1ccc(NC(C)=O)cc1)N2. The zero-order valence-electron chi connectivity index (χ0n) is 18.9. The summed E-state index contributed by atoms with van der Waals surface area (Å²) in [5.74, 6) is 0.446. The van der Waals surface area contributed by atoms with Crippen molar-refractivity contribution in [3.63, 3.8) is 0 Å². The van der Waals surface area contributed by atoms with E-state index in [2.05, 4.69) is 36.2 Å². The fraction of sp³-hybridized carbons (Fsp3) is 0.400. The second kappa shape index (κ2) is 10.1. The number of benzene rings is 2. The topological polar surface area (TPSA) is 71.8 Å². The molecule has 6 nitrogen and oxygen atoms in total. The van der Waals surface area contributed by atoms with Crippen molar-refractivity contribution in [2.45, 2.75) is 45.4 Å². The van der Waals surface area contributed by atoms with Crippen LogP contribution < -0.4 is 10.6 Å². The Morgan fingerprint density at radius 1 is 1.25 bits per heavy atom. The largest absolute Gasteiger partial charge is 0.461 e. The number of amides is 1. The van der Waals surface area contributed by atoms with Gasteiger partial charge >= 0.3 is 5.97 Å². The molecule has 0 aliphatic carbocycles. The summed E-state index contributed by atoms with van der Waals surface area (Å²) in [4.78, 5) is 27.3. The summed E-state index contributed by atoms with van der Waals surface area (Å²) in [6, 6.07) is 12.6. The van der Waals surface area contributed by atoms with Gasteiger partial charge in [-0.05, 0) is 48.1 Å². The number of nitrogens with zero attached hydrogens (tertiary/aromatic N) is 1. The van der Waals surface area contributed by atoms with Gasteiger partial charge in [-0.25, -0.2) is 9.64 Å². The lowest BCUT2D eigenvalue weighted by Gasteiger charge is -2.41. The third-order valence-corrected chi connectivity index (χ3v) is 6.80. The van der Waals surface area contributed by atoms with Gasteiger partial charge < -0.3 is 15.4 Å². The van der Waals surface area contributed by atoms with Crippen LogP contribution in [-0.4, -0.2) is 30.3 Å². The Morgan fingerprint density at radius 2 is 1.97 bits per heavy atom. The summed E-state index contributed by atoms with van der Waals surface area (Å²) < 4.78 is 5.67. The predicted molar refractivity (Wildman–Crippen MR) is 130 cm³/mol. The summed E-state index contributed by atoms with van der Waals surface area (Å²) in [7, 11) is 0. The van der Waals surface area contributed by atoms with E-state index in [1.54, 1.807) is 24.3 Å². The lowest BCUT2D eigenvalue weighted by molar-refractivity contribution is -0.114. The molecule has 2 atom stereocenters. The summed E-state index contributed by atoms with van der Waals surface area (Å²) in [6.07, 6.45) is 0.892. The van der Waals surface area contributed by atoms with Gasteiger partial charge in [0.2, 0.25) is 5.91 Å². The van der Waals surface area contributed by atoms with Crippen LogP contribution in [0.15, 0.2) is 42.5 Å². The van der Waals surface area contributed by atoms with Crippen LogP contribution in [0.2, 0.25) is 0 Å². The number of carbonyl (C=O) groups excluding carboxylic acids is 2. The molecule has 1 aliphatic heterocycles. The Labute approximate surface area is 193 Å². The number of anilines is 2. The Hall–Kier alpha value is -2.98. The van der Waals surface area contributed by atoms with E-state index in [1.165, 1.54) is 12.5 Å². The van der Waals surface area contributed by atoms with Crippen LogP contribution in [0.25, 0.3) is 4.85 Å². The minimum Gasteiger partial charge on any atom is -0.461 e. The summed E-state index contributed by atoms with van der Waals surface area (Å²) in [5.41, 5.74) is 3.67. The van der Waals surface area contributed by atoms with E-state index in [0.29, 0.717) is 22.2 Å². The van der Waals surface area contributed by atoms with Crippen LogP contribution in [-0.2, 0) is 9.53 Å². The van der Waals surface area contributed by atoms with Crippen LogP contribution in [0.1, 0.15) is 55.3 Å². The van der Waals surface area contributed by atoms with Gasteiger partial charge in [-0.15, -0.1) is 0 Å². The average molecular weight is 452 g/mol. The number of hydrogen-bond acceptors (Lipinski definition) is 5. The maximum Gasteiger partial charge on any atom is 0.338 e. The Kier molecular flexibility index (Phi) is 7.47. The maximum absolute atomic E-state index is 12.6. The highest BCUT2D eigenvalue weighted by molar-refractivity contribution is 7.99. The van der Waals surface area contributed by atoms with Crippen molar-refractivity contribution >= 4 is 40.7 Å². The van der Waals surface area contributed by atoms with Crippen molar-refractivity contribution in [3.05, 3.63) is 65.0 Å². The van der Waals surface area contributed by atoms with Crippen LogP contribution in [0, 0.1) is 12.0 Å². The molecular formula is C25H29N3O3S. The monoisotopic (exact) mass is 451 g/mol. The molecule has 2 aromatic carbocycles. The number of fused-ring (bicyclic) bond motifs is 1. The molecule has 1 heterocycles. The molecule has 0 spiro atoms. The Bertz CT molecular complexity index is 1030. The van der Waals surface area contributed by atoms with Gasteiger partial charge in [0, 0.05) is 35.0 Å². The van der Waals surface area contributed by atoms with E-state index in [1.807, 2.05) is 30.0 Å². The molecule has 1 amide bonds. The number of thioether (sulfide) groups is 1. The van der Waals surface area contributed by atoms with Gasteiger partial charge in [0.25, 0.3) is 0 Å². The van der Waals surface area contributed by atoms with Gasteiger partial charge in [0.05, 0.1) is 18.7 Å². The molecule has 0 radical (unpaired) electrons. The van der Waals surface area contributed by atoms with Gasteiger partial charge in [-0.1, -0.05) is 32.9 Å². The van der Waals surface area contributed by atoms with Gasteiger partial charge in [-0.3, -0.25) is 4.79 Å². The average Bonchev–Trinajstić information content (AvgIpc) is 2.77. The second-order valence-corrected chi connectivity index (χ2v) is 10.1. The molecule has 0 saturated carbocycles. The van der Waals surface area contributed by atoms with Crippen LogP contribution in [0.4, 0.5) is 17.1 Å². The molecule has 0 bridgehead atoms. The predicted octanol–water partition coefficient (Wildman–Crippen LogP) is 6.06. The highest BCUT2D eigenvalue weighted by atomic mass is 32.2. The van der Waals surface area contributed by atoms with Crippen LogP contribution >= 0.6 is 11.8 Å². The van der Waals surface area contributed by atoms with E-state index < -0.39 is 0 Å². The second-order valence-electron chi connectivity index (χ2n) is 8.58. The van der Waals surface area contributed by atoms with E-state index in [4.69, 9.17) is 11.3 Å². The summed E-state index contributed by atoms with van der Waals surface area (Å²) in [5, 5.41) is 6.59. The fourth-order valence-electron chi connectivity index (χ4n) is 3.81. The molecule has 0 fully saturated rings. The fourth-order valence-corrected chi connectivity index (χ4v) is 4.91. The molecule has 1 aliphatic rings. The number of nitrogens with one attached hydrogen (secondary N) is 2. The molecule has 32 heavy (non-hydrogen) atoms.